The predicted molar refractivity (Wildman–Crippen MR) is 113 cm³/mol. The molecule has 148 valence electrons. The fourth-order valence-electron chi connectivity index (χ4n) is 2.48. The molecule has 29 heavy (non-hydrogen) atoms. The standard InChI is InChI=1S/C21H16Cl2N2O4/c1-29-16-8-6-15(7-9-16)24-20(27)12-2-4-14(5-3-12)25-21(28)13-10-17(22)19(26)18(23)11-13/h2-11,26H,1H3,(H,24,27)(H,25,28). The van der Waals surface area contributed by atoms with Crippen LogP contribution in [0.25, 0.3) is 0 Å². The van der Waals surface area contributed by atoms with Gasteiger partial charge in [-0.1, -0.05) is 23.2 Å². The molecule has 6 nitrogen and oxygen atoms in total. The van der Waals surface area contributed by atoms with Crippen LogP contribution in [0.3, 0.4) is 0 Å². The van der Waals surface area contributed by atoms with Crippen molar-refractivity contribution in [2.75, 3.05) is 17.7 Å². The number of amides is 2. The summed E-state index contributed by atoms with van der Waals surface area (Å²) in [6.45, 7) is 0. The van der Waals surface area contributed by atoms with Crippen LogP contribution in [0.1, 0.15) is 20.7 Å². The van der Waals surface area contributed by atoms with Crippen molar-refractivity contribution in [3.63, 3.8) is 0 Å². The normalized spacial score (nSPS) is 10.3. The Kier molecular flexibility index (Phi) is 6.26. The van der Waals surface area contributed by atoms with Crippen LogP contribution in [0, 0.1) is 0 Å². The van der Waals surface area contributed by atoms with E-state index >= 15 is 0 Å². The van der Waals surface area contributed by atoms with Crippen molar-refractivity contribution in [1.29, 1.82) is 0 Å². The molecule has 0 spiro atoms. The molecule has 3 aromatic rings. The maximum atomic E-state index is 12.3. The van der Waals surface area contributed by atoms with Gasteiger partial charge in [-0.25, -0.2) is 0 Å². The molecule has 0 saturated carbocycles. The third-order valence-electron chi connectivity index (χ3n) is 4.03. The molecule has 2 amide bonds. The molecule has 0 heterocycles. The topological polar surface area (TPSA) is 87.7 Å². The zero-order valence-corrected chi connectivity index (χ0v) is 16.7. The molecule has 0 atom stereocenters. The Morgan fingerprint density at radius 1 is 0.793 bits per heavy atom. The van der Waals surface area contributed by atoms with E-state index in [1.807, 2.05) is 0 Å². The van der Waals surface area contributed by atoms with Crippen molar-refractivity contribution in [1.82, 2.24) is 0 Å². The van der Waals surface area contributed by atoms with E-state index in [1.165, 1.54) is 12.1 Å². The summed E-state index contributed by atoms with van der Waals surface area (Å²) in [5.74, 6) is -0.328. The van der Waals surface area contributed by atoms with Gasteiger partial charge in [0.15, 0.2) is 5.75 Å². The minimum Gasteiger partial charge on any atom is -0.505 e. The number of hydrogen-bond donors (Lipinski definition) is 3. The van der Waals surface area contributed by atoms with Crippen LogP contribution < -0.4 is 15.4 Å². The number of halogens is 2. The minimum absolute atomic E-state index is 0.0202. The van der Waals surface area contributed by atoms with E-state index in [1.54, 1.807) is 55.6 Å². The van der Waals surface area contributed by atoms with Crippen LogP contribution in [0.2, 0.25) is 10.0 Å². The lowest BCUT2D eigenvalue weighted by atomic mass is 10.1. The number of methoxy groups -OCH3 is 1. The number of ether oxygens (including phenoxy) is 1. The van der Waals surface area contributed by atoms with Crippen molar-refractivity contribution in [2.45, 2.75) is 0 Å². The Balaban J connectivity index is 1.66. The van der Waals surface area contributed by atoms with Crippen LogP contribution >= 0.6 is 23.2 Å². The number of phenols is 1. The Morgan fingerprint density at radius 2 is 1.24 bits per heavy atom. The molecule has 0 radical (unpaired) electrons. The van der Waals surface area contributed by atoms with E-state index in [-0.39, 0.29) is 27.3 Å². The average molecular weight is 431 g/mol. The van der Waals surface area contributed by atoms with E-state index in [4.69, 9.17) is 27.9 Å². The molecule has 0 aliphatic rings. The third kappa shape index (κ3) is 4.99. The fourth-order valence-corrected chi connectivity index (χ4v) is 2.97. The zero-order chi connectivity index (χ0) is 21.0. The SMILES string of the molecule is COc1ccc(NC(=O)c2ccc(NC(=O)c3cc(Cl)c(O)c(Cl)c3)cc2)cc1. The quantitative estimate of drug-likeness (QED) is 0.518. The van der Waals surface area contributed by atoms with E-state index in [0.717, 1.165) is 0 Å². The molecule has 0 bridgehead atoms. The lowest BCUT2D eigenvalue weighted by Crippen LogP contribution is -2.13. The van der Waals surface area contributed by atoms with Gasteiger partial charge < -0.3 is 20.5 Å². The molecular formula is C21H16Cl2N2O4. The first-order chi connectivity index (χ1) is 13.9. The van der Waals surface area contributed by atoms with Crippen molar-refractivity contribution in [2.24, 2.45) is 0 Å². The highest BCUT2D eigenvalue weighted by atomic mass is 35.5. The summed E-state index contributed by atoms with van der Waals surface area (Å²) in [5.41, 5.74) is 1.74. The first-order valence-corrected chi connectivity index (χ1v) is 9.18. The summed E-state index contributed by atoms with van der Waals surface area (Å²) in [6, 6.07) is 16.0. The maximum absolute atomic E-state index is 12.3. The molecule has 0 aliphatic heterocycles. The number of carbonyl (C=O) groups excluding carboxylic acids is 2. The molecular weight excluding hydrogens is 415 g/mol. The molecule has 3 aromatic carbocycles. The van der Waals surface area contributed by atoms with Crippen molar-refractivity contribution in [3.8, 4) is 11.5 Å². The van der Waals surface area contributed by atoms with Gasteiger partial charge in [-0.05, 0) is 60.7 Å². The summed E-state index contributed by atoms with van der Waals surface area (Å²) in [4.78, 5) is 24.7. The lowest BCUT2D eigenvalue weighted by Gasteiger charge is -2.09. The smallest absolute Gasteiger partial charge is 0.255 e. The van der Waals surface area contributed by atoms with Gasteiger partial charge in [0.25, 0.3) is 11.8 Å². The van der Waals surface area contributed by atoms with E-state index < -0.39 is 5.91 Å². The number of benzene rings is 3. The number of rotatable bonds is 5. The minimum atomic E-state index is -0.454. The molecule has 0 unspecified atom stereocenters. The van der Waals surface area contributed by atoms with Crippen LogP contribution in [0.15, 0.2) is 60.7 Å². The van der Waals surface area contributed by atoms with Crippen molar-refractivity contribution < 1.29 is 19.4 Å². The van der Waals surface area contributed by atoms with Gasteiger partial charge in [0.2, 0.25) is 0 Å². The van der Waals surface area contributed by atoms with Gasteiger partial charge in [-0.15, -0.1) is 0 Å². The molecule has 0 aromatic heterocycles. The number of nitrogens with one attached hydrogen (secondary N) is 2. The third-order valence-corrected chi connectivity index (χ3v) is 4.61. The summed E-state index contributed by atoms with van der Waals surface area (Å²) < 4.78 is 5.08. The Labute approximate surface area is 177 Å². The highest BCUT2D eigenvalue weighted by Gasteiger charge is 2.13. The summed E-state index contributed by atoms with van der Waals surface area (Å²) in [5, 5.41) is 15.0. The number of aromatic hydroxyl groups is 1. The summed E-state index contributed by atoms with van der Waals surface area (Å²) in [7, 11) is 1.57. The molecule has 0 fully saturated rings. The van der Waals surface area contributed by atoms with E-state index in [2.05, 4.69) is 10.6 Å². The van der Waals surface area contributed by atoms with Crippen LogP contribution in [0.4, 0.5) is 11.4 Å². The largest absolute Gasteiger partial charge is 0.505 e. The predicted octanol–water partition coefficient (Wildman–Crippen LogP) is 5.21. The average Bonchev–Trinajstić information content (AvgIpc) is 2.72. The monoisotopic (exact) mass is 430 g/mol. The molecule has 3 rings (SSSR count). The van der Waals surface area contributed by atoms with Crippen LogP contribution in [-0.4, -0.2) is 24.0 Å². The van der Waals surface area contributed by atoms with Gasteiger partial charge in [0.05, 0.1) is 17.2 Å². The molecule has 0 aliphatic carbocycles. The fraction of sp³-hybridized carbons (Fsp3) is 0.0476. The number of anilines is 2. The van der Waals surface area contributed by atoms with Gasteiger partial charge >= 0.3 is 0 Å². The van der Waals surface area contributed by atoms with Gasteiger partial charge in [0.1, 0.15) is 5.75 Å². The summed E-state index contributed by atoms with van der Waals surface area (Å²) >= 11 is 11.7. The van der Waals surface area contributed by atoms with Gasteiger partial charge in [-0.2, -0.15) is 0 Å². The highest BCUT2D eigenvalue weighted by molar-refractivity contribution is 6.37. The number of carbonyl (C=O) groups is 2. The Bertz CT molecular complexity index is 1030. The summed E-state index contributed by atoms with van der Waals surface area (Å²) in [6.07, 6.45) is 0. The molecule has 8 heteroatoms. The molecule has 3 N–H and O–H groups in total. The van der Waals surface area contributed by atoms with Gasteiger partial charge in [-0.3, -0.25) is 9.59 Å². The number of phenolic OH excluding ortho intramolecular Hbond substituents is 1. The first-order valence-electron chi connectivity index (χ1n) is 8.42. The van der Waals surface area contributed by atoms with Gasteiger partial charge in [0, 0.05) is 22.5 Å². The second kappa shape index (κ2) is 8.86. The van der Waals surface area contributed by atoms with E-state index in [0.29, 0.717) is 22.7 Å². The molecule has 0 saturated heterocycles. The van der Waals surface area contributed by atoms with Crippen LogP contribution in [-0.2, 0) is 0 Å². The second-order valence-electron chi connectivity index (χ2n) is 6.00. The van der Waals surface area contributed by atoms with Crippen molar-refractivity contribution >= 4 is 46.4 Å². The Morgan fingerprint density at radius 3 is 1.72 bits per heavy atom. The number of hydrogen-bond acceptors (Lipinski definition) is 4. The van der Waals surface area contributed by atoms with Crippen LogP contribution in [0.5, 0.6) is 11.5 Å². The zero-order valence-electron chi connectivity index (χ0n) is 15.2. The Hall–Kier alpha value is -3.22. The maximum Gasteiger partial charge on any atom is 0.255 e. The highest BCUT2D eigenvalue weighted by Crippen LogP contribution is 2.32. The second-order valence-corrected chi connectivity index (χ2v) is 6.82. The van der Waals surface area contributed by atoms with E-state index in [9.17, 15) is 14.7 Å². The first kappa shape index (κ1) is 20.5. The lowest BCUT2D eigenvalue weighted by molar-refractivity contribution is 0.102. The van der Waals surface area contributed by atoms with Crippen molar-refractivity contribution in [3.05, 3.63) is 81.8 Å².